The summed E-state index contributed by atoms with van der Waals surface area (Å²) < 4.78 is 26.5. The summed E-state index contributed by atoms with van der Waals surface area (Å²) in [5, 5.41) is 3.29. The van der Waals surface area contributed by atoms with Crippen molar-refractivity contribution in [2.24, 2.45) is 0 Å². The molecule has 2 aromatic carbocycles. The Labute approximate surface area is 133 Å². The predicted octanol–water partition coefficient (Wildman–Crippen LogP) is 3.82. The van der Waals surface area contributed by atoms with E-state index in [0.29, 0.717) is 12.2 Å². The van der Waals surface area contributed by atoms with Crippen LogP contribution in [0.15, 0.2) is 53.0 Å². The number of sulfonamides is 1. The summed E-state index contributed by atoms with van der Waals surface area (Å²) in [6, 6.07) is 15.3. The molecule has 0 unspecified atom stereocenters. The largest absolute Gasteiger partial charge is 0.381 e. The van der Waals surface area contributed by atoms with Crippen LogP contribution in [-0.2, 0) is 16.6 Å². The lowest BCUT2D eigenvalue weighted by atomic mass is 10.2. The molecule has 0 radical (unpaired) electrons. The SMILES string of the molecule is CCS(=O)(=O)Nc1ccc(NCc2ccc(Br)cc2)cc1. The van der Waals surface area contributed by atoms with E-state index >= 15 is 0 Å². The Bertz CT molecular complexity index is 683. The fourth-order valence-electron chi connectivity index (χ4n) is 1.71. The van der Waals surface area contributed by atoms with Crippen molar-refractivity contribution in [2.75, 3.05) is 15.8 Å². The summed E-state index contributed by atoms with van der Waals surface area (Å²) in [6.45, 7) is 2.32. The number of benzene rings is 2. The normalized spacial score (nSPS) is 11.1. The van der Waals surface area contributed by atoms with Crippen LogP contribution in [0.3, 0.4) is 0 Å². The van der Waals surface area contributed by atoms with E-state index in [4.69, 9.17) is 0 Å². The lowest BCUT2D eigenvalue weighted by Crippen LogP contribution is -2.14. The van der Waals surface area contributed by atoms with E-state index in [0.717, 1.165) is 10.2 Å². The molecule has 0 fully saturated rings. The van der Waals surface area contributed by atoms with Crippen molar-refractivity contribution in [1.29, 1.82) is 0 Å². The monoisotopic (exact) mass is 368 g/mol. The summed E-state index contributed by atoms with van der Waals surface area (Å²) in [6.07, 6.45) is 0. The minimum absolute atomic E-state index is 0.0660. The average Bonchev–Trinajstić information content (AvgIpc) is 2.48. The van der Waals surface area contributed by atoms with Crippen LogP contribution < -0.4 is 10.0 Å². The van der Waals surface area contributed by atoms with Crippen LogP contribution in [0.2, 0.25) is 0 Å². The Morgan fingerprint density at radius 2 is 1.52 bits per heavy atom. The van der Waals surface area contributed by atoms with Gasteiger partial charge < -0.3 is 5.32 Å². The Hall–Kier alpha value is -1.53. The molecule has 112 valence electrons. The highest BCUT2D eigenvalue weighted by Crippen LogP contribution is 2.16. The van der Waals surface area contributed by atoms with Crippen molar-refractivity contribution in [2.45, 2.75) is 13.5 Å². The second kappa shape index (κ2) is 6.95. The Balaban J connectivity index is 1.95. The third kappa shape index (κ3) is 5.06. The first-order valence-electron chi connectivity index (χ1n) is 6.57. The van der Waals surface area contributed by atoms with E-state index in [1.807, 2.05) is 36.4 Å². The second-order valence-corrected chi connectivity index (χ2v) is 7.49. The van der Waals surface area contributed by atoms with E-state index in [-0.39, 0.29) is 5.75 Å². The van der Waals surface area contributed by atoms with E-state index < -0.39 is 10.0 Å². The van der Waals surface area contributed by atoms with Crippen LogP contribution in [0, 0.1) is 0 Å². The van der Waals surface area contributed by atoms with Crippen molar-refractivity contribution in [3.05, 3.63) is 58.6 Å². The molecule has 6 heteroatoms. The van der Waals surface area contributed by atoms with Crippen LogP contribution in [0.5, 0.6) is 0 Å². The molecule has 0 atom stereocenters. The summed E-state index contributed by atoms with van der Waals surface area (Å²) in [4.78, 5) is 0. The molecule has 0 aromatic heterocycles. The minimum Gasteiger partial charge on any atom is -0.381 e. The maximum atomic E-state index is 11.5. The Morgan fingerprint density at radius 3 is 2.10 bits per heavy atom. The molecule has 0 saturated heterocycles. The molecule has 0 heterocycles. The second-order valence-electron chi connectivity index (χ2n) is 4.56. The van der Waals surface area contributed by atoms with E-state index in [1.165, 1.54) is 5.56 Å². The molecular formula is C15H17BrN2O2S. The van der Waals surface area contributed by atoms with Crippen molar-refractivity contribution in [3.63, 3.8) is 0 Å². The van der Waals surface area contributed by atoms with Gasteiger partial charge in [-0.05, 0) is 48.9 Å². The zero-order chi connectivity index (χ0) is 15.3. The molecular weight excluding hydrogens is 352 g/mol. The number of anilines is 2. The van der Waals surface area contributed by atoms with Crippen molar-refractivity contribution in [1.82, 2.24) is 0 Å². The first-order chi connectivity index (χ1) is 9.98. The fourth-order valence-corrected chi connectivity index (χ4v) is 2.62. The van der Waals surface area contributed by atoms with Gasteiger partial charge >= 0.3 is 0 Å². The molecule has 0 saturated carbocycles. The summed E-state index contributed by atoms with van der Waals surface area (Å²) in [5.41, 5.74) is 2.69. The van der Waals surface area contributed by atoms with Crippen LogP contribution in [0.25, 0.3) is 0 Å². The highest BCUT2D eigenvalue weighted by atomic mass is 79.9. The summed E-state index contributed by atoms with van der Waals surface area (Å²) >= 11 is 3.40. The molecule has 2 aromatic rings. The molecule has 0 amide bonds. The zero-order valence-corrected chi connectivity index (χ0v) is 14.0. The van der Waals surface area contributed by atoms with Crippen LogP contribution in [0.1, 0.15) is 12.5 Å². The Kier molecular flexibility index (Phi) is 5.25. The first-order valence-corrected chi connectivity index (χ1v) is 9.02. The summed E-state index contributed by atoms with van der Waals surface area (Å²) in [7, 11) is -3.22. The maximum absolute atomic E-state index is 11.5. The van der Waals surface area contributed by atoms with Crippen LogP contribution in [-0.4, -0.2) is 14.2 Å². The summed E-state index contributed by atoms with van der Waals surface area (Å²) in [5.74, 6) is 0.0660. The van der Waals surface area contributed by atoms with Gasteiger partial charge in [-0.15, -0.1) is 0 Å². The molecule has 2 N–H and O–H groups in total. The van der Waals surface area contributed by atoms with Crippen molar-refractivity contribution in [3.8, 4) is 0 Å². The van der Waals surface area contributed by atoms with Gasteiger partial charge in [0.15, 0.2) is 0 Å². The van der Waals surface area contributed by atoms with E-state index in [9.17, 15) is 8.42 Å². The highest BCUT2D eigenvalue weighted by Gasteiger charge is 2.06. The highest BCUT2D eigenvalue weighted by molar-refractivity contribution is 9.10. The zero-order valence-electron chi connectivity index (χ0n) is 11.6. The molecule has 0 aliphatic carbocycles. The molecule has 0 aliphatic heterocycles. The van der Waals surface area contributed by atoms with Gasteiger partial charge in [0.1, 0.15) is 0 Å². The predicted molar refractivity (Wildman–Crippen MR) is 91.0 cm³/mol. The van der Waals surface area contributed by atoms with Gasteiger partial charge in [-0.2, -0.15) is 0 Å². The van der Waals surface area contributed by atoms with Crippen molar-refractivity contribution >= 4 is 37.3 Å². The molecule has 2 rings (SSSR count). The topological polar surface area (TPSA) is 58.2 Å². The van der Waals surface area contributed by atoms with Gasteiger partial charge in [-0.3, -0.25) is 4.72 Å². The molecule has 21 heavy (non-hydrogen) atoms. The smallest absolute Gasteiger partial charge is 0.232 e. The third-order valence-electron chi connectivity index (χ3n) is 2.95. The molecule has 0 spiro atoms. The number of rotatable bonds is 6. The lowest BCUT2D eigenvalue weighted by Gasteiger charge is -2.09. The fraction of sp³-hybridized carbons (Fsp3) is 0.200. The third-order valence-corrected chi connectivity index (χ3v) is 4.78. The van der Waals surface area contributed by atoms with Crippen molar-refractivity contribution < 1.29 is 8.42 Å². The van der Waals surface area contributed by atoms with Gasteiger partial charge in [0.05, 0.1) is 5.75 Å². The van der Waals surface area contributed by atoms with Crippen LogP contribution in [0.4, 0.5) is 11.4 Å². The van der Waals surface area contributed by atoms with E-state index in [1.54, 1.807) is 19.1 Å². The molecule has 4 nitrogen and oxygen atoms in total. The maximum Gasteiger partial charge on any atom is 0.232 e. The van der Waals surface area contributed by atoms with Gasteiger partial charge in [0.25, 0.3) is 0 Å². The number of hydrogen-bond acceptors (Lipinski definition) is 3. The van der Waals surface area contributed by atoms with Gasteiger partial charge in [0.2, 0.25) is 10.0 Å². The standard InChI is InChI=1S/C15H17BrN2O2S/c1-2-21(19,20)18-15-9-7-14(8-10-15)17-11-12-3-5-13(16)6-4-12/h3-10,17-18H,2,11H2,1H3. The minimum atomic E-state index is -3.22. The molecule has 0 bridgehead atoms. The molecule has 0 aliphatic rings. The average molecular weight is 369 g/mol. The lowest BCUT2D eigenvalue weighted by molar-refractivity contribution is 0.602. The first kappa shape index (κ1) is 15.9. The van der Waals surface area contributed by atoms with Gasteiger partial charge in [0, 0.05) is 22.4 Å². The van der Waals surface area contributed by atoms with Crippen LogP contribution >= 0.6 is 15.9 Å². The van der Waals surface area contributed by atoms with Gasteiger partial charge in [-0.1, -0.05) is 28.1 Å². The van der Waals surface area contributed by atoms with E-state index in [2.05, 4.69) is 26.0 Å². The number of halogens is 1. The number of hydrogen-bond donors (Lipinski definition) is 2. The number of nitrogens with one attached hydrogen (secondary N) is 2. The quantitative estimate of drug-likeness (QED) is 0.814. The van der Waals surface area contributed by atoms with Gasteiger partial charge in [-0.25, -0.2) is 8.42 Å². The Morgan fingerprint density at radius 1 is 0.952 bits per heavy atom.